The average Bonchev–Trinajstić information content (AvgIpc) is 2.88. The minimum absolute atomic E-state index is 0.0482. The van der Waals surface area contributed by atoms with Crippen molar-refractivity contribution in [1.82, 2.24) is 9.55 Å². The Balaban J connectivity index is 2.32. The Morgan fingerprint density at radius 2 is 2.05 bits per heavy atom. The number of halogens is 1. The van der Waals surface area contributed by atoms with Gasteiger partial charge in [-0.25, -0.2) is 4.98 Å². The molecule has 0 atom stereocenters. The molecule has 5 heteroatoms. The second-order valence-electron chi connectivity index (χ2n) is 4.50. The lowest BCUT2D eigenvalue weighted by Gasteiger charge is -2.08. The van der Waals surface area contributed by atoms with Crippen molar-refractivity contribution < 1.29 is 0 Å². The van der Waals surface area contributed by atoms with E-state index in [0.717, 1.165) is 32.5 Å². The van der Waals surface area contributed by atoms with Gasteiger partial charge in [-0.1, -0.05) is 46.3 Å². The van der Waals surface area contributed by atoms with Crippen LogP contribution in [0.2, 0.25) is 0 Å². The number of rotatable bonds is 3. The Labute approximate surface area is 129 Å². The van der Waals surface area contributed by atoms with Gasteiger partial charge in [0.2, 0.25) is 0 Å². The largest absolute Gasteiger partial charge is 0.295 e. The fourth-order valence-corrected chi connectivity index (χ4v) is 3.64. The average molecular weight is 349 g/mol. The molecule has 102 valence electrons. The second-order valence-corrected chi connectivity index (χ2v) is 6.15. The molecule has 0 amide bonds. The summed E-state index contributed by atoms with van der Waals surface area (Å²) in [4.78, 5) is 18.1. The number of nitrogens with zero attached hydrogens (tertiary/aromatic N) is 2. The van der Waals surface area contributed by atoms with Gasteiger partial charge in [-0.3, -0.25) is 9.36 Å². The van der Waals surface area contributed by atoms with Crippen LogP contribution >= 0.6 is 27.3 Å². The number of hydrogen-bond donors (Lipinski definition) is 0. The first-order valence-corrected chi connectivity index (χ1v) is 8.32. The Hall–Kier alpha value is -1.46. The van der Waals surface area contributed by atoms with E-state index in [-0.39, 0.29) is 5.56 Å². The Morgan fingerprint density at radius 3 is 2.75 bits per heavy atom. The van der Waals surface area contributed by atoms with E-state index >= 15 is 0 Å². The first-order valence-electron chi connectivity index (χ1n) is 6.32. The molecule has 0 aliphatic rings. The first-order chi connectivity index (χ1) is 9.72. The maximum Gasteiger partial charge on any atom is 0.262 e. The van der Waals surface area contributed by atoms with Crippen molar-refractivity contribution in [2.75, 3.05) is 5.33 Å². The summed E-state index contributed by atoms with van der Waals surface area (Å²) in [6.45, 7) is 2.52. The van der Waals surface area contributed by atoms with Gasteiger partial charge in [-0.05, 0) is 12.5 Å². The SMILES string of the molecule is Cc1nc2scc(-c3ccccc3)c2c(=O)n1CCBr. The van der Waals surface area contributed by atoms with Crippen molar-refractivity contribution in [3.63, 3.8) is 0 Å². The molecule has 3 aromatic rings. The van der Waals surface area contributed by atoms with Crippen LogP contribution in [-0.4, -0.2) is 14.9 Å². The fourth-order valence-electron chi connectivity index (χ4n) is 2.30. The standard InChI is InChI=1S/C15H13BrN2OS/c1-10-17-14-13(15(19)18(10)8-7-16)12(9-20-14)11-5-3-2-4-6-11/h2-6,9H,7-8H2,1H3. The van der Waals surface area contributed by atoms with Crippen LogP contribution in [0.5, 0.6) is 0 Å². The van der Waals surface area contributed by atoms with Gasteiger partial charge >= 0.3 is 0 Å². The molecule has 0 saturated carbocycles. The third kappa shape index (κ3) is 2.21. The molecule has 0 N–H and O–H groups in total. The summed E-state index contributed by atoms with van der Waals surface area (Å²) in [6.07, 6.45) is 0. The number of thiophene rings is 1. The summed E-state index contributed by atoms with van der Waals surface area (Å²) >= 11 is 4.92. The number of benzene rings is 1. The van der Waals surface area contributed by atoms with Crippen LogP contribution in [-0.2, 0) is 6.54 Å². The van der Waals surface area contributed by atoms with Crippen molar-refractivity contribution in [2.45, 2.75) is 13.5 Å². The van der Waals surface area contributed by atoms with Crippen LogP contribution in [0.1, 0.15) is 5.82 Å². The predicted molar refractivity (Wildman–Crippen MR) is 87.8 cm³/mol. The number of alkyl halides is 1. The lowest BCUT2D eigenvalue weighted by molar-refractivity contribution is 0.696. The third-order valence-electron chi connectivity index (χ3n) is 3.28. The van der Waals surface area contributed by atoms with E-state index in [2.05, 4.69) is 20.9 Å². The summed E-state index contributed by atoms with van der Waals surface area (Å²) in [5.74, 6) is 0.767. The van der Waals surface area contributed by atoms with Crippen molar-refractivity contribution in [3.05, 3.63) is 51.9 Å². The van der Waals surface area contributed by atoms with E-state index < -0.39 is 0 Å². The zero-order valence-electron chi connectivity index (χ0n) is 11.0. The van der Waals surface area contributed by atoms with Crippen LogP contribution < -0.4 is 5.56 Å². The molecule has 1 aromatic carbocycles. The minimum Gasteiger partial charge on any atom is -0.295 e. The highest BCUT2D eigenvalue weighted by Crippen LogP contribution is 2.30. The summed E-state index contributed by atoms with van der Waals surface area (Å²) in [7, 11) is 0. The molecule has 0 fully saturated rings. The normalized spacial score (nSPS) is 11.1. The van der Waals surface area contributed by atoms with Crippen LogP contribution in [0, 0.1) is 6.92 Å². The molecule has 0 aliphatic carbocycles. The first kappa shape index (κ1) is 13.5. The van der Waals surface area contributed by atoms with Gasteiger partial charge in [-0.15, -0.1) is 11.3 Å². The van der Waals surface area contributed by atoms with Crippen LogP contribution in [0.3, 0.4) is 0 Å². The number of fused-ring (bicyclic) bond motifs is 1. The Bertz CT molecular complexity index is 808. The smallest absolute Gasteiger partial charge is 0.262 e. The molecule has 0 spiro atoms. The van der Waals surface area contributed by atoms with Crippen LogP contribution in [0.15, 0.2) is 40.5 Å². The fraction of sp³-hybridized carbons (Fsp3) is 0.200. The third-order valence-corrected chi connectivity index (χ3v) is 4.50. The van der Waals surface area contributed by atoms with Crippen LogP contribution in [0.4, 0.5) is 0 Å². The van der Waals surface area contributed by atoms with Gasteiger partial charge in [-0.2, -0.15) is 0 Å². The molecule has 3 nitrogen and oxygen atoms in total. The second kappa shape index (κ2) is 5.50. The molecular formula is C15H13BrN2OS. The summed E-state index contributed by atoms with van der Waals surface area (Å²) < 4.78 is 1.73. The minimum atomic E-state index is 0.0482. The highest BCUT2D eigenvalue weighted by Gasteiger charge is 2.14. The maximum absolute atomic E-state index is 12.7. The molecule has 0 radical (unpaired) electrons. The van der Waals surface area contributed by atoms with Gasteiger partial charge in [0, 0.05) is 22.8 Å². The van der Waals surface area contributed by atoms with Gasteiger partial charge in [0.15, 0.2) is 0 Å². The van der Waals surface area contributed by atoms with Crippen molar-refractivity contribution >= 4 is 37.5 Å². The molecule has 0 saturated heterocycles. The highest BCUT2D eigenvalue weighted by molar-refractivity contribution is 9.09. The molecule has 0 bridgehead atoms. The highest BCUT2D eigenvalue weighted by atomic mass is 79.9. The number of aryl methyl sites for hydroxylation is 1. The molecule has 2 aromatic heterocycles. The lowest BCUT2D eigenvalue weighted by Crippen LogP contribution is -2.24. The van der Waals surface area contributed by atoms with E-state index in [0.29, 0.717) is 6.54 Å². The Kier molecular flexibility index (Phi) is 3.72. The zero-order chi connectivity index (χ0) is 14.1. The van der Waals surface area contributed by atoms with E-state index in [1.54, 1.807) is 4.57 Å². The summed E-state index contributed by atoms with van der Waals surface area (Å²) in [5, 5.41) is 3.49. The molecule has 2 heterocycles. The number of aromatic nitrogens is 2. The van der Waals surface area contributed by atoms with Crippen molar-refractivity contribution in [3.8, 4) is 11.1 Å². The number of hydrogen-bond acceptors (Lipinski definition) is 3. The van der Waals surface area contributed by atoms with Gasteiger partial charge in [0.05, 0.1) is 5.39 Å². The molecule has 0 aliphatic heterocycles. The van der Waals surface area contributed by atoms with Gasteiger partial charge < -0.3 is 0 Å². The molecule has 20 heavy (non-hydrogen) atoms. The monoisotopic (exact) mass is 348 g/mol. The molecule has 0 unspecified atom stereocenters. The van der Waals surface area contributed by atoms with E-state index in [4.69, 9.17) is 0 Å². The topological polar surface area (TPSA) is 34.9 Å². The van der Waals surface area contributed by atoms with Crippen molar-refractivity contribution in [2.24, 2.45) is 0 Å². The Morgan fingerprint density at radius 1 is 1.30 bits per heavy atom. The predicted octanol–water partition coefficient (Wildman–Crippen LogP) is 3.83. The van der Waals surface area contributed by atoms with E-state index in [1.165, 1.54) is 11.3 Å². The van der Waals surface area contributed by atoms with E-state index in [1.807, 2.05) is 42.6 Å². The molecular weight excluding hydrogens is 336 g/mol. The van der Waals surface area contributed by atoms with Crippen molar-refractivity contribution in [1.29, 1.82) is 0 Å². The molecule has 3 rings (SSSR count). The lowest BCUT2D eigenvalue weighted by atomic mass is 10.1. The van der Waals surface area contributed by atoms with Gasteiger partial charge in [0.25, 0.3) is 5.56 Å². The zero-order valence-corrected chi connectivity index (χ0v) is 13.4. The maximum atomic E-state index is 12.7. The van der Waals surface area contributed by atoms with Crippen LogP contribution in [0.25, 0.3) is 21.3 Å². The van der Waals surface area contributed by atoms with E-state index in [9.17, 15) is 4.79 Å². The summed E-state index contributed by atoms with van der Waals surface area (Å²) in [5.41, 5.74) is 2.09. The quantitative estimate of drug-likeness (QED) is 0.674. The van der Waals surface area contributed by atoms with Gasteiger partial charge in [0.1, 0.15) is 10.7 Å². The summed E-state index contributed by atoms with van der Waals surface area (Å²) in [6, 6.07) is 9.99.